The van der Waals surface area contributed by atoms with Gasteiger partial charge in [0.1, 0.15) is 0 Å². The van der Waals surface area contributed by atoms with Crippen LogP contribution in [0.25, 0.3) is 16.8 Å². The molecule has 3 rings (SSSR count). The van der Waals surface area contributed by atoms with Gasteiger partial charge in [-0.15, -0.1) is 0 Å². The van der Waals surface area contributed by atoms with Crippen LogP contribution in [0.15, 0.2) is 36.3 Å². The fourth-order valence-corrected chi connectivity index (χ4v) is 2.14. The molecule has 2 heterocycles. The number of rotatable bonds is 2. The Labute approximate surface area is 99.0 Å². The first-order chi connectivity index (χ1) is 8.35. The summed E-state index contributed by atoms with van der Waals surface area (Å²) < 4.78 is 5.30. The van der Waals surface area contributed by atoms with Gasteiger partial charge in [-0.1, -0.05) is 12.1 Å². The molecule has 0 bridgehead atoms. The number of pyridine rings is 1. The number of nitrogens with zero attached hydrogens (tertiary/aromatic N) is 2. The average molecular weight is 228 g/mol. The zero-order chi connectivity index (χ0) is 11.8. The number of benzene rings is 1. The maximum Gasteiger partial charge on any atom is 0.220 e. The van der Waals surface area contributed by atoms with Crippen LogP contribution >= 0.6 is 0 Å². The van der Waals surface area contributed by atoms with Crippen molar-refractivity contribution in [3.63, 3.8) is 0 Å². The molecule has 1 aromatic heterocycles. The molecule has 0 unspecified atom stereocenters. The Kier molecular flexibility index (Phi) is 2.23. The summed E-state index contributed by atoms with van der Waals surface area (Å²) in [5.74, 6) is 0.631. The van der Waals surface area contributed by atoms with Gasteiger partial charge in [0.2, 0.25) is 5.88 Å². The van der Waals surface area contributed by atoms with Crippen LogP contribution in [0.1, 0.15) is 5.69 Å². The molecule has 1 aromatic carbocycles. The number of aromatic nitrogens is 1. The molecule has 0 saturated carbocycles. The standard InChI is InChI=1S/C13H12N2O2/c1-16-12-8-10-13-9(6-7-14-10)4-3-5-11(13)15(12)17-2/h3-8H,1-2H3. The second-order valence-corrected chi connectivity index (χ2v) is 3.74. The molecule has 1 aliphatic rings. The Morgan fingerprint density at radius 3 is 2.82 bits per heavy atom. The largest absolute Gasteiger partial charge is 0.481 e. The van der Waals surface area contributed by atoms with Gasteiger partial charge >= 0.3 is 0 Å². The zero-order valence-corrected chi connectivity index (χ0v) is 9.68. The van der Waals surface area contributed by atoms with Crippen LogP contribution in [-0.2, 0) is 9.57 Å². The van der Waals surface area contributed by atoms with Crippen LogP contribution in [0.5, 0.6) is 0 Å². The molecule has 0 spiro atoms. The molecule has 2 aromatic rings. The lowest BCUT2D eigenvalue weighted by Gasteiger charge is -2.27. The summed E-state index contributed by atoms with van der Waals surface area (Å²) in [7, 11) is 3.24. The summed E-state index contributed by atoms with van der Waals surface area (Å²) in [4.78, 5) is 9.72. The van der Waals surface area contributed by atoms with Crippen LogP contribution < -0.4 is 5.06 Å². The molecule has 4 nitrogen and oxygen atoms in total. The van der Waals surface area contributed by atoms with E-state index in [0.717, 1.165) is 22.2 Å². The maximum absolute atomic E-state index is 5.35. The fraction of sp³-hybridized carbons (Fsp3) is 0.154. The molecule has 4 heteroatoms. The van der Waals surface area contributed by atoms with Crippen molar-refractivity contribution in [3.8, 4) is 0 Å². The molecule has 0 amide bonds. The lowest BCUT2D eigenvalue weighted by Crippen LogP contribution is -2.24. The minimum absolute atomic E-state index is 0.631. The summed E-state index contributed by atoms with van der Waals surface area (Å²) in [5.41, 5.74) is 1.86. The van der Waals surface area contributed by atoms with Crippen LogP contribution in [0.4, 0.5) is 5.69 Å². The Hall–Kier alpha value is -2.07. The summed E-state index contributed by atoms with van der Waals surface area (Å²) >= 11 is 0. The number of ether oxygens (including phenoxy) is 1. The number of hydrogen-bond donors (Lipinski definition) is 0. The van der Waals surface area contributed by atoms with Gasteiger partial charge in [0.25, 0.3) is 0 Å². The highest BCUT2D eigenvalue weighted by molar-refractivity contribution is 6.01. The van der Waals surface area contributed by atoms with Crippen molar-refractivity contribution in [1.29, 1.82) is 0 Å². The monoisotopic (exact) mass is 228 g/mol. The van der Waals surface area contributed by atoms with Crippen molar-refractivity contribution in [2.24, 2.45) is 0 Å². The van der Waals surface area contributed by atoms with Crippen molar-refractivity contribution in [3.05, 3.63) is 42.0 Å². The Morgan fingerprint density at radius 2 is 2.06 bits per heavy atom. The first-order valence-corrected chi connectivity index (χ1v) is 5.33. The third-order valence-corrected chi connectivity index (χ3v) is 2.87. The molecule has 0 atom stereocenters. The van der Waals surface area contributed by atoms with E-state index in [4.69, 9.17) is 9.57 Å². The molecular weight excluding hydrogens is 216 g/mol. The third kappa shape index (κ3) is 1.38. The minimum Gasteiger partial charge on any atom is -0.481 e. The summed E-state index contributed by atoms with van der Waals surface area (Å²) in [6.07, 6.45) is 3.67. The van der Waals surface area contributed by atoms with Crippen LogP contribution in [0.3, 0.4) is 0 Å². The second-order valence-electron chi connectivity index (χ2n) is 3.74. The SMILES string of the molecule is COC1=Cc2nccc3cccc(c23)N1OC. The smallest absolute Gasteiger partial charge is 0.220 e. The van der Waals surface area contributed by atoms with Gasteiger partial charge in [0, 0.05) is 17.7 Å². The molecule has 0 saturated heterocycles. The lowest BCUT2D eigenvalue weighted by molar-refractivity contribution is 0.130. The van der Waals surface area contributed by atoms with Crippen LogP contribution in [0.2, 0.25) is 0 Å². The van der Waals surface area contributed by atoms with E-state index in [-0.39, 0.29) is 0 Å². The van der Waals surface area contributed by atoms with Gasteiger partial charge in [-0.25, -0.2) is 0 Å². The van der Waals surface area contributed by atoms with E-state index in [1.54, 1.807) is 25.5 Å². The van der Waals surface area contributed by atoms with Crippen LogP contribution in [-0.4, -0.2) is 19.2 Å². The van der Waals surface area contributed by atoms with Gasteiger partial charge in [-0.2, -0.15) is 5.06 Å². The van der Waals surface area contributed by atoms with E-state index in [1.807, 2.05) is 24.3 Å². The van der Waals surface area contributed by atoms with E-state index in [1.165, 1.54) is 0 Å². The number of hydroxylamine groups is 1. The van der Waals surface area contributed by atoms with Crippen LogP contribution in [0, 0.1) is 0 Å². The molecule has 0 aliphatic carbocycles. The molecule has 17 heavy (non-hydrogen) atoms. The average Bonchev–Trinajstić information content (AvgIpc) is 2.39. The third-order valence-electron chi connectivity index (χ3n) is 2.87. The van der Waals surface area contributed by atoms with Crippen molar-refractivity contribution < 1.29 is 9.57 Å². The van der Waals surface area contributed by atoms with E-state index < -0.39 is 0 Å². The highest BCUT2D eigenvalue weighted by Gasteiger charge is 2.22. The normalized spacial score (nSPS) is 13.8. The number of hydrogen-bond acceptors (Lipinski definition) is 4. The number of methoxy groups -OCH3 is 1. The first-order valence-electron chi connectivity index (χ1n) is 5.33. The summed E-state index contributed by atoms with van der Waals surface area (Å²) in [6, 6.07) is 8.03. The predicted molar refractivity (Wildman–Crippen MR) is 66.2 cm³/mol. The van der Waals surface area contributed by atoms with E-state index in [9.17, 15) is 0 Å². The predicted octanol–water partition coefficient (Wildman–Crippen LogP) is 2.56. The van der Waals surface area contributed by atoms with E-state index in [0.29, 0.717) is 5.88 Å². The van der Waals surface area contributed by atoms with E-state index >= 15 is 0 Å². The summed E-state index contributed by atoms with van der Waals surface area (Å²) in [6.45, 7) is 0. The van der Waals surface area contributed by atoms with Crippen molar-refractivity contribution in [1.82, 2.24) is 4.98 Å². The lowest BCUT2D eigenvalue weighted by atomic mass is 10.1. The van der Waals surface area contributed by atoms with Gasteiger partial charge in [0.05, 0.1) is 25.6 Å². The molecule has 1 aliphatic heterocycles. The first kappa shape index (κ1) is 10.1. The molecule has 86 valence electrons. The Balaban J connectivity index is 2.37. The number of anilines is 1. The molecule has 0 radical (unpaired) electrons. The molecular formula is C13H12N2O2. The van der Waals surface area contributed by atoms with Gasteiger partial charge < -0.3 is 4.74 Å². The fourth-order valence-electron chi connectivity index (χ4n) is 2.14. The second kappa shape index (κ2) is 3.75. The van der Waals surface area contributed by atoms with Gasteiger partial charge in [-0.05, 0) is 17.5 Å². The maximum atomic E-state index is 5.35. The minimum atomic E-state index is 0.631. The molecule has 0 N–H and O–H groups in total. The zero-order valence-electron chi connectivity index (χ0n) is 9.68. The highest BCUT2D eigenvalue weighted by Crippen LogP contribution is 2.36. The highest BCUT2D eigenvalue weighted by atomic mass is 16.7. The van der Waals surface area contributed by atoms with Crippen molar-refractivity contribution in [2.75, 3.05) is 19.3 Å². The molecule has 0 fully saturated rings. The topological polar surface area (TPSA) is 34.6 Å². The van der Waals surface area contributed by atoms with Gasteiger partial charge in [0.15, 0.2) is 0 Å². The Morgan fingerprint density at radius 1 is 1.18 bits per heavy atom. The van der Waals surface area contributed by atoms with Gasteiger partial charge in [-0.3, -0.25) is 9.82 Å². The van der Waals surface area contributed by atoms with Crippen molar-refractivity contribution in [2.45, 2.75) is 0 Å². The Bertz CT molecular complexity index is 602. The van der Waals surface area contributed by atoms with Crippen molar-refractivity contribution >= 4 is 22.5 Å². The quantitative estimate of drug-likeness (QED) is 0.791. The van der Waals surface area contributed by atoms with E-state index in [2.05, 4.69) is 11.1 Å². The summed E-state index contributed by atoms with van der Waals surface area (Å²) in [5, 5.41) is 3.88.